The van der Waals surface area contributed by atoms with Crippen LogP contribution in [0.4, 0.5) is 17.6 Å². The zero-order valence-electron chi connectivity index (χ0n) is 20.0. The average molecular weight is 501 g/mol. The van der Waals surface area contributed by atoms with E-state index < -0.39 is 31.3 Å². The number of hydrogen-bond acceptors (Lipinski definition) is 0. The van der Waals surface area contributed by atoms with E-state index in [1.165, 1.54) is 12.1 Å². The van der Waals surface area contributed by atoms with Crippen molar-refractivity contribution >= 4 is 29.6 Å². The second-order valence-corrected chi connectivity index (χ2v) is 13.5. The lowest BCUT2D eigenvalue weighted by Gasteiger charge is -2.30. The first-order valence-electron chi connectivity index (χ1n) is 11.9. The highest BCUT2D eigenvalue weighted by Crippen LogP contribution is 2.56. The van der Waals surface area contributed by atoms with Crippen LogP contribution < -0.4 is 0 Å². The van der Waals surface area contributed by atoms with Crippen molar-refractivity contribution in [2.24, 2.45) is 0 Å². The Morgan fingerprint density at radius 2 is 0.889 bits per heavy atom. The minimum absolute atomic E-state index is 0.606. The summed E-state index contributed by atoms with van der Waals surface area (Å²) in [7, 11) is -2.69. The summed E-state index contributed by atoms with van der Waals surface area (Å²) >= 11 is 0. The first kappa shape index (κ1) is 24.0. The zero-order chi connectivity index (χ0) is 25.4. The molecular formula is C31H24F4Si. The van der Waals surface area contributed by atoms with Gasteiger partial charge in [0.15, 0.2) is 23.3 Å². The minimum Gasteiger partial charge on any atom is -0.204 e. The molecule has 0 unspecified atom stereocenters. The Labute approximate surface area is 209 Å². The average Bonchev–Trinajstić information content (AvgIpc) is 3.18. The van der Waals surface area contributed by atoms with Gasteiger partial charge in [-0.1, -0.05) is 92.3 Å². The second kappa shape index (κ2) is 9.39. The van der Waals surface area contributed by atoms with Gasteiger partial charge >= 0.3 is 0 Å². The number of hydrogen-bond donors (Lipinski definition) is 0. The smallest absolute Gasteiger partial charge is 0.159 e. The van der Waals surface area contributed by atoms with Gasteiger partial charge in [0, 0.05) is 0 Å². The summed E-state index contributed by atoms with van der Waals surface area (Å²) in [5, 5.41) is 1.90. The third-order valence-corrected chi connectivity index (χ3v) is 11.8. The molecule has 0 spiro atoms. The molecule has 5 rings (SSSR count). The van der Waals surface area contributed by atoms with Gasteiger partial charge in [-0.05, 0) is 68.1 Å². The molecule has 180 valence electrons. The predicted octanol–water partition coefficient (Wildman–Crippen LogP) is 8.96. The molecule has 0 bridgehead atoms. The lowest BCUT2D eigenvalue weighted by atomic mass is 9.89. The van der Waals surface area contributed by atoms with Crippen molar-refractivity contribution < 1.29 is 17.6 Å². The Balaban J connectivity index is 1.95. The topological polar surface area (TPSA) is 0 Å². The molecule has 4 aromatic carbocycles. The normalized spacial score (nSPS) is 15.1. The van der Waals surface area contributed by atoms with Crippen molar-refractivity contribution in [3.63, 3.8) is 0 Å². The summed E-state index contributed by atoms with van der Waals surface area (Å²) in [4.78, 5) is 0. The zero-order valence-corrected chi connectivity index (χ0v) is 21.0. The molecule has 36 heavy (non-hydrogen) atoms. The molecule has 0 atom stereocenters. The van der Waals surface area contributed by atoms with Crippen LogP contribution in [0.2, 0.25) is 12.6 Å². The summed E-state index contributed by atoms with van der Waals surface area (Å²) < 4.78 is 57.1. The fourth-order valence-corrected chi connectivity index (χ4v) is 9.48. The first-order chi connectivity index (χ1) is 17.3. The highest BCUT2D eigenvalue weighted by molar-refractivity contribution is 7.13. The molecule has 0 saturated carbocycles. The van der Waals surface area contributed by atoms with E-state index in [1.54, 1.807) is 12.1 Å². The summed E-state index contributed by atoms with van der Waals surface area (Å²) in [6.07, 6.45) is 0. The first-order valence-corrected chi connectivity index (χ1v) is 14.6. The summed E-state index contributed by atoms with van der Waals surface area (Å²) in [5.41, 5.74) is 4.92. The van der Waals surface area contributed by atoms with E-state index in [2.05, 4.69) is 13.5 Å². The van der Waals surface area contributed by atoms with Gasteiger partial charge in [0.1, 0.15) is 8.07 Å². The van der Waals surface area contributed by atoms with Gasteiger partial charge in [-0.15, -0.1) is 0 Å². The van der Waals surface area contributed by atoms with Crippen molar-refractivity contribution in [3.05, 3.63) is 143 Å². The van der Waals surface area contributed by atoms with Crippen LogP contribution in [0.3, 0.4) is 0 Å². The van der Waals surface area contributed by atoms with Crippen LogP contribution in [0.15, 0.2) is 97.1 Å². The van der Waals surface area contributed by atoms with Crippen LogP contribution >= 0.6 is 0 Å². The molecule has 0 amide bonds. The van der Waals surface area contributed by atoms with Gasteiger partial charge in [0.05, 0.1) is 0 Å². The number of rotatable bonds is 5. The van der Waals surface area contributed by atoms with Crippen LogP contribution in [0.5, 0.6) is 0 Å². The van der Waals surface area contributed by atoms with Crippen LogP contribution in [0.25, 0.3) is 21.5 Å². The third kappa shape index (κ3) is 3.93. The van der Waals surface area contributed by atoms with Gasteiger partial charge in [-0.3, -0.25) is 0 Å². The molecule has 0 nitrogen and oxygen atoms in total. The lowest BCUT2D eigenvalue weighted by molar-refractivity contribution is 0.508. The van der Waals surface area contributed by atoms with Gasteiger partial charge in [-0.25, -0.2) is 17.6 Å². The molecular weight excluding hydrogens is 476 g/mol. The maximum atomic E-state index is 14.6. The number of benzene rings is 4. The van der Waals surface area contributed by atoms with E-state index in [-0.39, 0.29) is 0 Å². The third-order valence-electron chi connectivity index (χ3n) is 7.10. The van der Waals surface area contributed by atoms with Crippen LogP contribution in [-0.2, 0) is 0 Å². The molecule has 0 saturated heterocycles. The maximum Gasteiger partial charge on any atom is 0.159 e. The van der Waals surface area contributed by atoms with Crippen molar-refractivity contribution in [1.29, 1.82) is 0 Å². The maximum absolute atomic E-state index is 14.6. The van der Waals surface area contributed by atoms with Crippen LogP contribution in [0, 0.1) is 23.3 Å². The summed E-state index contributed by atoms with van der Waals surface area (Å²) in [6, 6.07) is 28.4. The fraction of sp³-hybridized carbons (Fsp3) is 0.0968. The number of allylic oxidation sites excluding steroid dienone is 2. The standard InChI is InChI=1S/C31H24F4Si/c1-3-36(2)30(22-14-16-24(32)26(34)18-22)28(20-10-6-4-7-11-20)29(21-12-8-5-9-13-21)31(36)23-15-17-25(33)27(35)19-23/h4-19H,3H2,1-2H3. The molecule has 1 aliphatic rings. The monoisotopic (exact) mass is 500 g/mol. The highest BCUT2D eigenvalue weighted by Gasteiger charge is 2.46. The molecule has 0 fully saturated rings. The van der Waals surface area contributed by atoms with E-state index >= 15 is 0 Å². The molecule has 5 heteroatoms. The Hall–Kier alpha value is -3.70. The quantitative estimate of drug-likeness (QED) is 0.189. The molecule has 0 N–H and O–H groups in total. The van der Waals surface area contributed by atoms with Crippen molar-refractivity contribution in [3.8, 4) is 0 Å². The van der Waals surface area contributed by atoms with Gasteiger partial charge in [0.25, 0.3) is 0 Å². The van der Waals surface area contributed by atoms with Crippen molar-refractivity contribution in [2.45, 2.75) is 19.5 Å². The van der Waals surface area contributed by atoms with Crippen molar-refractivity contribution in [2.75, 3.05) is 0 Å². The summed E-state index contributed by atoms with van der Waals surface area (Å²) in [5.74, 6) is -3.64. The van der Waals surface area contributed by atoms with Gasteiger partial charge < -0.3 is 0 Å². The highest BCUT2D eigenvalue weighted by atomic mass is 28.3. The van der Waals surface area contributed by atoms with E-state index in [1.807, 2.05) is 60.7 Å². The van der Waals surface area contributed by atoms with E-state index in [0.29, 0.717) is 11.1 Å². The second-order valence-electron chi connectivity index (χ2n) is 9.18. The van der Waals surface area contributed by atoms with Gasteiger partial charge in [-0.2, -0.15) is 0 Å². The Kier molecular flexibility index (Phi) is 6.27. The van der Waals surface area contributed by atoms with Crippen molar-refractivity contribution in [1.82, 2.24) is 0 Å². The summed E-state index contributed by atoms with van der Waals surface area (Å²) in [6.45, 7) is 4.24. The Bertz CT molecular complexity index is 1390. The molecule has 4 aromatic rings. The fourth-order valence-electron chi connectivity index (χ4n) is 5.30. The molecule has 1 aliphatic heterocycles. The molecule has 0 aromatic heterocycles. The molecule has 1 heterocycles. The number of halogens is 4. The Morgan fingerprint density at radius 3 is 1.22 bits per heavy atom. The lowest BCUT2D eigenvalue weighted by Crippen LogP contribution is -2.32. The minimum atomic E-state index is -2.69. The van der Waals surface area contributed by atoms with Crippen LogP contribution in [-0.4, -0.2) is 8.07 Å². The van der Waals surface area contributed by atoms with E-state index in [4.69, 9.17) is 0 Å². The molecule has 0 radical (unpaired) electrons. The van der Waals surface area contributed by atoms with Crippen LogP contribution in [0.1, 0.15) is 29.2 Å². The van der Waals surface area contributed by atoms with E-state index in [9.17, 15) is 17.6 Å². The molecule has 0 aliphatic carbocycles. The SMILES string of the molecule is CC[Si]1(C)C(c2ccc(F)c(F)c2)=C(c2ccccc2)C(c2ccccc2)=C1c1ccc(F)c(F)c1. The predicted molar refractivity (Wildman–Crippen MR) is 141 cm³/mol. The largest absolute Gasteiger partial charge is 0.204 e. The van der Waals surface area contributed by atoms with Gasteiger partial charge in [0.2, 0.25) is 0 Å². The Morgan fingerprint density at radius 1 is 0.500 bits per heavy atom. The van der Waals surface area contributed by atoms with E-state index in [0.717, 1.165) is 50.8 Å².